The van der Waals surface area contributed by atoms with Crippen LogP contribution in [0, 0.1) is 23.0 Å². The lowest BCUT2D eigenvalue weighted by Crippen LogP contribution is -2.44. The molecule has 7 nitrogen and oxygen atoms in total. The van der Waals surface area contributed by atoms with E-state index in [1.807, 2.05) is 0 Å². The molecule has 0 saturated carbocycles. The van der Waals surface area contributed by atoms with Crippen molar-refractivity contribution in [1.29, 1.82) is 0 Å². The molecule has 0 aliphatic carbocycles. The van der Waals surface area contributed by atoms with Gasteiger partial charge in [0.25, 0.3) is 11.6 Å². The van der Waals surface area contributed by atoms with Gasteiger partial charge in [0, 0.05) is 17.7 Å². The Bertz CT molecular complexity index is 554. The SMILES string of the molecule is Cc1ccc([N+](=O)[O-])cc1C(=O)N[C@H](C(=O)O)C(C)C. The number of hydrogen-bond acceptors (Lipinski definition) is 4. The van der Waals surface area contributed by atoms with Gasteiger partial charge in [-0.25, -0.2) is 4.79 Å². The fourth-order valence-electron chi connectivity index (χ4n) is 1.70. The van der Waals surface area contributed by atoms with Crippen molar-refractivity contribution in [3.05, 3.63) is 39.4 Å². The molecule has 20 heavy (non-hydrogen) atoms. The summed E-state index contributed by atoms with van der Waals surface area (Å²) in [6, 6.07) is 2.85. The van der Waals surface area contributed by atoms with Crippen molar-refractivity contribution in [3.8, 4) is 0 Å². The molecule has 0 heterocycles. The third-order valence-electron chi connectivity index (χ3n) is 2.90. The van der Waals surface area contributed by atoms with Gasteiger partial charge in [-0.1, -0.05) is 19.9 Å². The van der Waals surface area contributed by atoms with Gasteiger partial charge in [-0.2, -0.15) is 0 Å². The van der Waals surface area contributed by atoms with Crippen molar-refractivity contribution in [2.75, 3.05) is 0 Å². The van der Waals surface area contributed by atoms with Gasteiger partial charge in [0.2, 0.25) is 0 Å². The number of aryl methyl sites for hydroxylation is 1. The summed E-state index contributed by atoms with van der Waals surface area (Å²) in [5.41, 5.74) is 0.435. The van der Waals surface area contributed by atoms with E-state index in [1.165, 1.54) is 12.1 Å². The van der Waals surface area contributed by atoms with E-state index in [-0.39, 0.29) is 17.2 Å². The molecular formula is C13H16N2O5. The molecule has 1 atom stereocenters. The number of carboxylic acids is 1. The largest absolute Gasteiger partial charge is 0.480 e. The minimum atomic E-state index is -1.14. The Hall–Kier alpha value is -2.44. The molecule has 0 saturated heterocycles. The number of carbonyl (C=O) groups is 2. The van der Waals surface area contributed by atoms with Gasteiger partial charge >= 0.3 is 5.97 Å². The zero-order chi connectivity index (χ0) is 15.4. The highest BCUT2D eigenvalue weighted by Crippen LogP contribution is 2.17. The third-order valence-corrected chi connectivity index (χ3v) is 2.90. The van der Waals surface area contributed by atoms with E-state index in [1.54, 1.807) is 20.8 Å². The molecule has 0 aliphatic heterocycles. The Labute approximate surface area is 115 Å². The summed E-state index contributed by atoms with van der Waals surface area (Å²) in [6.07, 6.45) is 0. The molecule has 0 spiro atoms. The number of nitro groups is 1. The number of nitrogens with zero attached hydrogens (tertiary/aromatic N) is 1. The second-order valence-corrected chi connectivity index (χ2v) is 4.79. The van der Waals surface area contributed by atoms with E-state index in [9.17, 15) is 19.7 Å². The average molecular weight is 280 g/mol. The number of carboxylic acid groups (broad SMARTS) is 1. The average Bonchev–Trinajstić information content (AvgIpc) is 2.34. The van der Waals surface area contributed by atoms with Gasteiger partial charge in [0.15, 0.2) is 0 Å². The molecule has 7 heteroatoms. The molecule has 0 radical (unpaired) electrons. The standard InChI is InChI=1S/C13H16N2O5/c1-7(2)11(13(17)18)14-12(16)10-6-9(15(19)20)5-4-8(10)3/h4-7,11H,1-3H3,(H,14,16)(H,17,18)/t11-/m0/s1. The fourth-order valence-corrected chi connectivity index (χ4v) is 1.70. The van der Waals surface area contributed by atoms with Crippen LogP contribution in [0.3, 0.4) is 0 Å². The Morgan fingerprint density at radius 1 is 1.35 bits per heavy atom. The molecule has 0 unspecified atom stereocenters. The first-order valence-electron chi connectivity index (χ1n) is 6.02. The Morgan fingerprint density at radius 2 is 1.95 bits per heavy atom. The maximum Gasteiger partial charge on any atom is 0.326 e. The van der Waals surface area contributed by atoms with E-state index < -0.39 is 22.8 Å². The topological polar surface area (TPSA) is 110 Å². The monoisotopic (exact) mass is 280 g/mol. The summed E-state index contributed by atoms with van der Waals surface area (Å²) < 4.78 is 0. The number of benzene rings is 1. The molecule has 0 fully saturated rings. The van der Waals surface area contributed by atoms with Crippen LogP contribution in [0.4, 0.5) is 5.69 Å². The quantitative estimate of drug-likeness (QED) is 0.630. The first kappa shape index (κ1) is 15.6. The Balaban J connectivity index is 3.05. The maximum atomic E-state index is 12.1. The highest BCUT2D eigenvalue weighted by Gasteiger charge is 2.25. The van der Waals surface area contributed by atoms with Crippen LogP contribution >= 0.6 is 0 Å². The zero-order valence-corrected chi connectivity index (χ0v) is 11.4. The molecule has 1 aromatic carbocycles. The molecular weight excluding hydrogens is 264 g/mol. The van der Waals surface area contributed by atoms with Crippen LogP contribution in [0.5, 0.6) is 0 Å². The molecule has 1 aromatic rings. The molecule has 0 aliphatic rings. The molecule has 2 N–H and O–H groups in total. The number of aliphatic carboxylic acids is 1. The van der Waals surface area contributed by atoms with Crippen molar-refractivity contribution < 1.29 is 19.6 Å². The van der Waals surface area contributed by atoms with Crippen molar-refractivity contribution in [1.82, 2.24) is 5.32 Å². The normalized spacial score (nSPS) is 12.0. The highest BCUT2D eigenvalue weighted by atomic mass is 16.6. The summed E-state index contributed by atoms with van der Waals surface area (Å²) in [6.45, 7) is 4.96. The number of non-ortho nitro benzene ring substituents is 1. The van der Waals surface area contributed by atoms with Crippen LogP contribution in [-0.4, -0.2) is 27.9 Å². The smallest absolute Gasteiger partial charge is 0.326 e. The minimum absolute atomic E-state index is 0.103. The molecule has 1 rings (SSSR count). The first-order chi connectivity index (χ1) is 9.23. The second kappa shape index (κ2) is 6.14. The number of carbonyl (C=O) groups excluding carboxylic acids is 1. The lowest BCUT2D eigenvalue weighted by molar-refractivity contribution is -0.384. The predicted molar refractivity (Wildman–Crippen MR) is 71.6 cm³/mol. The number of rotatable bonds is 5. The minimum Gasteiger partial charge on any atom is -0.480 e. The third kappa shape index (κ3) is 3.53. The van der Waals surface area contributed by atoms with Crippen LogP contribution in [0.15, 0.2) is 18.2 Å². The number of nitro benzene ring substituents is 1. The van der Waals surface area contributed by atoms with Crippen molar-refractivity contribution in [2.24, 2.45) is 5.92 Å². The Kier molecular flexibility index (Phi) is 4.79. The van der Waals surface area contributed by atoms with E-state index in [4.69, 9.17) is 5.11 Å². The van der Waals surface area contributed by atoms with Gasteiger partial charge in [0.05, 0.1) is 4.92 Å². The number of hydrogen-bond donors (Lipinski definition) is 2. The molecule has 0 aromatic heterocycles. The summed E-state index contributed by atoms with van der Waals surface area (Å²) >= 11 is 0. The van der Waals surface area contributed by atoms with Crippen molar-refractivity contribution in [2.45, 2.75) is 26.8 Å². The van der Waals surface area contributed by atoms with Gasteiger partial charge in [0.1, 0.15) is 6.04 Å². The van der Waals surface area contributed by atoms with Crippen molar-refractivity contribution >= 4 is 17.6 Å². The van der Waals surface area contributed by atoms with Crippen LogP contribution in [0.25, 0.3) is 0 Å². The van der Waals surface area contributed by atoms with Crippen LogP contribution < -0.4 is 5.32 Å². The second-order valence-electron chi connectivity index (χ2n) is 4.79. The molecule has 108 valence electrons. The van der Waals surface area contributed by atoms with Crippen LogP contribution in [-0.2, 0) is 4.79 Å². The molecule has 1 amide bonds. The van der Waals surface area contributed by atoms with Crippen LogP contribution in [0.1, 0.15) is 29.8 Å². The summed E-state index contributed by atoms with van der Waals surface area (Å²) in [5.74, 6) is -2.07. The summed E-state index contributed by atoms with van der Waals surface area (Å²) in [5, 5.41) is 22.1. The first-order valence-corrected chi connectivity index (χ1v) is 6.02. The lowest BCUT2D eigenvalue weighted by atomic mass is 10.0. The fraction of sp³-hybridized carbons (Fsp3) is 0.385. The maximum absolute atomic E-state index is 12.1. The number of amides is 1. The van der Waals surface area contributed by atoms with Gasteiger partial charge in [-0.3, -0.25) is 14.9 Å². The summed E-state index contributed by atoms with van der Waals surface area (Å²) in [7, 11) is 0. The van der Waals surface area contributed by atoms with Crippen LogP contribution in [0.2, 0.25) is 0 Å². The van der Waals surface area contributed by atoms with E-state index in [0.29, 0.717) is 5.56 Å². The van der Waals surface area contributed by atoms with Crippen molar-refractivity contribution in [3.63, 3.8) is 0 Å². The van der Waals surface area contributed by atoms with E-state index >= 15 is 0 Å². The molecule has 0 bridgehead atoms. The zero-order valence-electron chi connectivity index (χ0n) is 11.4. The Morgan fingerprint density at radius 3 is 2.40 bits per heavy atom. The summed E-state index contributed by atoms with van der Waals surface area (Å²) in [4.78, 5) is 33.2. The van der Waals surface area contributed by atoms with E-state index in [2.05, 4.69) is 5.32 Å². The highest BCUT2D eigenvalue weighted by molar-refractivity contribution is 5.98. The number of nitrogens with one attached hydrogen (secondary N) is 1. The van der Waals surface area contributed by atoms with Gasteiger partial charge in [-0.15, -0.1) is 0 Å². The van der Waals surface area contributed by atoms with Gasteiger partial charge < -0.3 is 10.4 Å². The predicted octanol–water partition coefficient (Wildman–Crippen LogP) is 1.74. The lowest BCUT2D eigenvalue weighted by Gasteiger charge is -2.18. The van der Waals surface area contributed by atoms with Gasteiger partial charge in [-0.05, 0) is 18.4 Å². The van der Waals surface area contributed by atoms with E-state index in [0.717, 1.165) is 6.07 Å².